The van der Waals surface area contributed by atoms with Gasteiger partial charge in [0.1, 0.15) is 4.90 Å². The van der Waals surface area contributed by atoms with Crippen LogP contribution in [0.3, 0.4) is 0 Å². The molecule has 7 nitrogen and oxygen atoms in total. The molecule has 0 aliphatic heterocycles. The molecule has 0 bridgehead atoms. The van der Waals surface area contributed by atoms with Gasteiger partial charge in [-0.25, -0.2) is 13.2 Å². The van der Waals surface area contributed by atoms with Gasteiger partial charge in [-0.2, -0.15) is 4.31 Å². The SMILES string of the molecule is COC(=O)c1ccc(NC(=O)CN(Cc2ccccc2)S(=O)(=O)c2cc(Cl)ccc2Cl)cc1. The van der Waals surface area contributed by atoms with E-state index in [9.17, 15) is 18.0 Å². The molecule has 172 valence electrons. The maximum atomic E-state index is 13.4. The topological polar surface area (TPSA) is 92.8 Å². The summed E-state index contributed by atoms with van der Waals surface area (Å²) >= 11 is 12.1. The highest BCUT2D eigenvalue weighted by Crippen LogP contribution is 2.28. The van der Waals surface area contributed by atoms with Crippen molar-refractivity contribution in [2.75, 3.05) is 19.0 Å². The van der Waals surface area contributed by atoms with Crippen LogP contribution in [0.5, 0.6) is 0 Å². The summed E-state index contributed by atoms with van der Waals surface area (Å²) in [6.45, 7) is -0.528. The Kier molecular flexibility index (Phi) is 8.10. The summed E-state index contributed by atoms with van der Waals surface area (Å²) in [7, 11) is -2.90. The zero-order valence-electron chi connectivity index (χ0n) is 17.5. The molecule has 0 saturated carbocycles. The molecule has 10 heteroatoms. The van der Waals surface area contributed by atoms with Gasteiger partial charge in [0.05, 0.1) is 24.2 Å². The first-order valence-corrected chi connectivity index (χ1v) is 11.9. The molecule has 0 unspecified atom stereocenters. The number of nitrogens with one attached hydrogen (secondary N) is 1. The van der Waals surface area contributed by atoms with Crippen molar-refractivity contribution in [3.8, 4) is 0 Å². The first-order chi connectivity index (χ1) is 15.7. The molecule has 0 aromatic heterocycles. The fourth-order valence-corrected chi connectivity index (χ4v) is 5.12. The molecule has 3 rings (SSSR count). The highest BCUT2D eigenvalue weighted by Gasteiger charge is 2.29. The highest BCUT2D eigenvalue weighted by molar-refractivity contribution is 7.89. The van der Waals surface area contributed by atoms with Gasteiger partial charge < -0.3 is 10.1 Å². The second-order valence-corrected chi connectivity index (χ2v) is 9.70. The zero-order chi connectivity index (χ0) is 24.0. The van der Waals surface area contributed by atoms with Crippen molar-refractivity contribution in [1.29, 1.82) is 0 Å². The maximum Gasteiger partial charge on any atom is 0.337 e. The molecule has 0 fully saturated rings. The summed E-state index contributed by atoms with van der Waals surface area (Å²) in [5.41, 5.74) is 1.40. The Morgan fingerprint density at radius 1 is 0.970 bits per heavy atom. The van der Waals surface area contributed by atoms with E-state index in [0.717, 1.165) is 4.31 Å². The fraction of sp³-hybridized carbons (Fsp3) is 0.130. The molecule has 0 spiro atoms. The average molecular weight is 507 g/mol. The lowest BCUT2D eigenvalue weighted by molar-refractivity contribution is -0.116. The number of carbonyl (C=O) groups excluding carboxylic acids is 2. The predicted octanol–water partition coefficient (Wildman–Crippen LogP) is 4.61. The van der Waals surface area contributed by atoms with E-state index >= 15 is 0 Å². The van der Waals surface area contributed by atoms with Crippen LogP contribution in [0.1, 0.15) is 15.9 Å². The standard InChI is InChI=1S/C23H20Cl2N2O5S/c1-32-23(29)17-7-10-19(11-8-17)26-22(28)15-27(14-16-5-3-2-4-6-16)33(30,31)21-13-18(24)9-12-20(21)25/h2-13H,14-15H2,1H3,(H,26,28). The number of methoxy groups -OCH3 is 1. The lowest BCUT2D eigenvalue weighted by Crippen LogP contribution is -2.37. The molecule has 0 radical (unpaired) electrons. The van der Waals surface area contributed by atoms with Crippen LogP contribution in [-0.2, 0) is 26.1 Å². The molecule has 0 atom stereocenters. The number of anilines is 1. The van der Waals surface area contributed by atoms with Crippen LogP contribution in [0.25, 0.3) is 0 Å². The minimum absolute atomic E-state index is 0.00345. The van der Waals surface area contributed by atoms with E-state index in [4.69, 9.17) is 23.2 Å². The first kappa shape index (κ1) is 24.7. The molecule has 33 heavy (non-hydrogen) atoms. The number of sulfonamides is 1. The quantitative estimate of drug-likeness (QED) is 0.450. The zero-order valence-corrected chi connectivity index (χ0v) is 19.8. The monoisotopic (exact) mass is 506 g/mol. The van der Waals surface area contributed by atoms with Gasteiger partial charge >= 0.3 is 5.97 Å². The highest BCUT2D eigenvalue weighted by atomic mass is 35.5. The van der Waals surface area contributed by atoms with Crippen molar-refractivity contribution >= 4 is 50.8 Å². The van der Waals surface area contributed by atoms with E-state index in [0.29, 0.717) is 16.8 Å². The molecule has 3 aromatic rings. The van der Waals surface area contributed by atoms with Gasteiger partial charge in [0, 0.05) is 17.3 Å². The average Bonchev–Trinajstić information content (AvgIpc) is 2.80. The van der Waals surface area contributed by atoms with Crippen molar-refractivity contribution in [3.63, 3.8) is 0 Å². The summed E-state index contributed by atoms with van der Waals surface area (Å²) in [4.78, 5) is 24.1. The molecule has 0 heterocycles. The third-order valence-corrected chi connectivity index (χ3v) is 7.13. The van der Waals surface area contributed by atoms with E-state index in [1.165, 1.54) is 49.6 Å². The van der Waals surface area contributed by atoms with Crippen LogP contribution in [0.2, 0.25) is 10.0 Å². The third-order valence-electron chi connectivity index (χ3n) is 4.62. The Morgan fingerprint density at radius 3 is 2.27 bits per heavy atom. The van der Waals surface area contributed by atoms with Gasteiger partial charge in [0.25, 0.3) is 0 Å². The minimum Gasteiger partial charge on any atom is -0.465 e. The molecule has 0 saturated heterocycles. The first-order valence-electron chi connectivity index (χ1n) is 9.68. The number of hydrogen-bond acceptors (Lipinski definition) is 5. The second kappa shape index (κ2) is 10.8. The number of halogens is 2. The van der Waals surface area contributed by atoms with Crippen LogP contribution in [-0.4, -0.2) is 38.3 Å². The number of hydrogen-bond donors (Lipinski definition) is 1. The molecular formula is C23H20Cl2N2O5S. The largest absolute Gasteiger partial charge is 0.465 e. The van der Waals surface area contributed by atoms with Gasteiger partial charge in [-0.3, -0.25) is 4.79 Å². The molecule has 3 aromatic carbocycles. The van der Waals surface area contributed by atoms with Gasteiger partial charge in [-0.1, -0.05) is 53.5 Å². The van der Waals surface area contributed by atoms with Crippen LogP contribution in [0.4, 0.5) is 5.69 Å². The minimum atomic E-state index is -4.17. The van der Waals surface area contributed by atoms with Gasteiger partial charge in [0.2, 0.25) is 15.9 Å². The molecule has 1 amide bonds. The van der Waals surface area contributed by atoms with E-state index in [-0.39, 0.29) is 21.5 Å². The smallest absolute Gasteiger partial charge is 0.337 e. The van der Waals surface area contributed by atoms with Gasteiger partial charge in [0.15, 0.2) is 0 Å². The van der Waals surface area contributed by atoms with Crippen molar-refractivity contribution in [2.24, 2.45) is 0 Å². The number of amides is 1. The number of rotatable bonds is 8. The number of carbonyl (C=O) groups is 2. The Bertz CT molecular complexity index is 1250. The Hall–Kier alpha value is -2.91. The van der Waals surface area contributed by atoms with E-state index in [1.807, 2.05) is 0 Å². The van der Waals surface area contributed by atoms with E-state index < -0.39 is 28.4 Å². The van der Waals surface area contributed by atoms with Gasteiger partial charge in [-0.15, -0.1) is 0 Å². The third kappa shape index (κ3) is 6.33. The number of nitrogens with zero attached hydrogens (tertiary/aromatic N) is 1. The fourth-order valence-electron chi connectivity index (χ4n) is 3.00. The molecule has 0 aliphatic carbocycles. The van der Waals surface area contributed by atoms with Gasteiger partial charge in [-0.05, 0) is 48.0 Å². The molecular weight excluding hydrogens is 487 g/mol. The van der Waals surface area contributed by atoms with E-state index in [2.05, 4.69) is 10.1 Å². The molecule has 0 aliphatic rings. The maximum absolute atomic E-state index is 13.4. The summed E-state index contributed by atoms with van der Waals surface area (Å²) in [5, 5.41) is 2.83. The Balaban J connectivity index is 1.86. The number of ether oxygens (including phenoxy) is 1. The molecule has 1 N–H and O–H groups in total. The summed E-state index contributed by atoms with van der Waals surface area (Å²) in [6, 6.07) is 19.0. The van der Waals surface area contributed by atoms with Crippen LogP contribution in [0.15, 0.2) is 77.7 Å². The second-order valence-electron chi connectivity index (χ2n) is 6.95. The number of benzene rings is 3. The lowest BCUT2D eigenvalue weighted by atomic mass is 10.2. The number of esters is 1. The van der Waals surface area contributed by atoms with E-state index in [1.54, 1.807) is 30.3 Å². The lowest BCUT2D eigenvalue weighted by Gasteiger charge is -2.22. The van der Waals surface area contributed by atoms with Crippen LogP contribution >= 0.6 is 23.2 Å². The van der Waals surface area contributed by atoms with Crippen LogP contribution in [0, 0.1) is 0 Å². The summed E-state index contributed by atoms with van der Waals surface area (Å²) < 4.78 is 32.5. The van der Waals surface area contributed by atoms with Crippen molar-refractivity contribution in [3.05, 3.63) is 94.0 Å². The van der Waals surface area contributed by atoms with Crippen molar-refractivity contribution < 1.29 is 22.7 Å². The van der Waals surface area contributed by atoms with Crippen molar-refractivity contribution in [1.82, 2.24) is 4.31 Å². The predicted molar refractivity (Wildman–Crippen MR) is 127 cm³/mol. The Labute approximate surface area is 201 Å². The van der Waals surface area contributed by atoms with Crippen LogP contribution < -0.4 is 5.32 Å². The normalized spacial score (nSPS) is 11.3. The Morgan fingerprint density at radius 2 is 1.64 bits per heavy atom. The van der Waals surface area contributed by atoms with Crippen molar-refractivity contribution in [2.45, 2.75) is 11.4 Å². The summed E-state index contributed by atoms with van der Waals surface area (Å²) in [5.74, 6) is -1.08. The summed E-state index contributed by atoms with van der Waals surface area (Å²) in [6.07, 6.45) is 0.